The van der Waals surface area contributed by atoms with E-state index in [1.54, 1.807) is 32.0 Å². The number of oxazole rings is 1. The third-order valence-corrected chi connectivity index (χ3v) is 7.25. The molecule has 3 aromatic heterocycles. The molecule has 0 saturated heterocycles. The normalized spacial score (nSPS) is 11.7. The number of aryl methyl sites for hydroxylation is 4. The first-order valence-electron chi connectivity index (χ1n) is 11.6. The van der Waals surface area contributed by atoms with Gasteiger partial charge in [0.25, 0.3) is 0 Å². The van der Waals surface area contributed by atoms with Crippen LogP contribution in [0.4, 0.5) is 4.39 Å². The van der Waals surface area contributed by atoms with Crippen LogP contribution in [0.1, 0.15) is 23.1 Å². The number of pyridine rings is 1. The second kappa shape index (κ2) is 9.08. The van der Waals surface area contributed by atoms with Crippen LogP contribution in [-0.2, 0) is 9.84 Å². The van der Waals surface area contributed by atoms with E-state index in [1.807, 2.05) is 48.9 Å². The lowest BCUT2D eigenvalue weighted by Crippen LogP contribution is -2.01. The van der Waals surface area contributed by atoms with Crippen molar-refractivity contribution in [2.45, 2.75) is 32.6 Å². The number of rotatable bonds is 5. The van der Waals surface area contributed by atoms with Crippen LogP contribution >= 0.6 is 0 Å². The summed E-state index contributed by atoms with van der Waals surface area (Å²) in [6.07, 6.45) is 4.28. The van der Waals surface area contributed by atoms with Gasteiger partial charge in [-0.2, -0.15) is 0 Å². The summed E-state index contributed by atoms with van der Waals surface area (Å²) in [4.78, 5) is 13.6. The third-order valence-electron chi connectivity index (χ3n) is 6.14. The van der Waals surface area contributed by atoms with Crippen molar-refractivity contribution >= 4 is 9.84 Å². The molecular formula is C28H25FN4O3S. The van der Waals surface area contributed by atoms with E-state index in [0.717, 1.165) is 33.9 Å². The van der Waals surface area contributed by atoms with Gasteiger partial charge in [0.1, 0.15) is 17.3 Å². The fourth-order valence-corrected chi connectivity index (χ4v) is 5.08. The largest absolute Gasteiger partial charge is 0.440 e. The number of benzene rings is 2. The molecule has 188 valence electrons. The first-order valence-corrected chi connectivity index (χ1v) is 13.5. The maximum absolute atomic E-state index is 14.2. The molecule has 0 aliphatic rings. The zero-order valence-corrected chi connectivity index (χ0v) is 21.9. The Kier molecular flexibility index (Phi) is 6.03. The quantitative estimate of drug-likeness (QED) is 0.283. The average molecular weight is 517 g/mol. The Morgan fingerprint density at radius 2 is 1.68 bits per heavy atom. The van der Waals surface area contributed by atoms with Crippen molar-refractivity contribution in [1.82, 2.24) is 19.5 Å². The molecule has 0 bridgehead atoms. The van der Waals surface area contributed by atoms with Gasteiger partial charge < -0.3 is 8.98 Å². The number of hydrogen-bond acceptors (Lipinski definition) is 6. The molecule has 0 N–H and O–H groups in total. The fraction of sp³-hybridized carbons (Fsp3) is 0.179. The van der Waals surface area contributed by atoms with Crippen LogP contribution in [0.3, 0.4) is 0 Å². The summed E-state index contributed by atoms with van der Waals surface area (Å²) in [7, 11) is -3.38. The zero-order valence-electron chi connectivity index (χ0n) is 21.1. The van der Waals surface area contributed by atoms with Gasteiger partial charge in [-0.25, -0.2) is 22.8 Å². The minimum atomic E-state index is -3.38. The van der Waals surface area contributed by atoms with E-state index in [4.69, 9.17) is 9.40 Å². The summed E-state index contributed by atoms with van der Waals surface area (Å²) >= 11 is 0. The Morgan fingerprint density at radius 3 is 2.38 bits per heavy atom. The first kappa shape index (κ1) is 24.6. The number of aromatic nitrogens is 4. The van der Waals surface area contributed by atoms with Gasteiger partial charge in [0, 0.05) is 36.2 Å². The monoisotopic (exact) mass is 516 g/mol. The molecule has 0 radical (unpaired) electrons. The highest BCUT2D eigenvalue weighted by atomic mass is 32.2. The molecule has 0 aliphatic carbocycles. The molecule has 37 heavy (non-hydrogen) atoms. The topological polar surface area (TPSA) is 90.9 Å². The first-order chi connectivity index (χ1) is 17.5. The van der Waals surface area contributed by atoms with Crippen molar-refractivity contribution in [3.05, 3.63) is 89.8 Å². The van der Waals surface area contributed by atoms with Gasteiger partial charge in [-0.3, -0.25) is 4.98 Å². The molecule has 0 unspecified atom stereocenters. The summed E-state index contributed by atoms with van der Waals surface area (Å²) < 4.78 is 46.5. The van der Waals surface area contributed by atoms with Crippen LogP contribution in [-0.4, -0.2) is 34.2 Å². The lowest BCUT2D eigenvalue weighted by molar-refractivity contribution is 0.532. The van der Waals surface area contributed by atoms with E-state index in [-0.39, 0.29) is 4.90 Å². The Hall–Kier alpha value is -4.11. The molecule has 9 heteroatoms. The van der Waals surface area contributed by atoms with Crippen LogP contribution in [0.5, 0.6) is 0 Å². The summed E-state index contributed by atoms with van der Waals surface area (Å²) in [6.45, 7) is 7.35. The third kappa shape index (κ3) is 4.70. The van der Waals surface area contributed by atoms with Gasteiger partial charge in [0.05, 0.1) is 22.5 Å². The second-order valence-electron chi connectivity index (χ2n) is 9.03. The van der Waals surface area contributed by atoms with Crippen molar-refractivity contribution in [3.63, 3.8) is 0 Å². The lowest BCUT2D eigenvalue weighted by atomic mass is 9.97. The van der Waals surface area contributed by atoms with Crippen molar-refractivity contribution in [3.8, 4) is 39.4 Å². The molecule has 3 heterocycles. The highest BCUT2D eigenvalue weighted by Gasteiger charge is 2.23. The van der Waals surface area contributed by atoms with Crippen LogP contribution in [0.25, 0.3) is 39.4 Å². The fourth-order valence-electron chi connectivity index (χ4n) is 4.41. The molecule has 0 spiro atoms. The molecule has 5 rings (SSSR count). The Labute approximate surface area is 214 Å². The maximum Gasteiger partial charge on any atom is 0.192 e. The van der Waals surface area contributed by atoms with E-state index >= 15 is 0 Å². The van der Waals surface area contributed by atoms with Crippen LogP contribution in [0.15, 0.2) is 70.2 Å². The number of imidazole rings is 1. The van der Waals surface area contributed by atoms with E-state index in [0.29, 0.717) is 28.6 Å². The number of hydrogen-bond donors (Lipinski definition) is 0. The van der Waals surface area contributed by atoms with Gasteiger partial charge >= 0.3 is 0 Å². The number of sulfone groups is 1. The van der Waals surface area contributed by atoms with Gasteiger partial charge in [-0.05, 0) is 62.2 Å². The Bertz CT molecular complexity index is 1770. The predicted molar refractivity (Wildman–Crippen MR) is 140 cm³/mol. The highest BCUT2D eigenvalue weighted by Crippen LogP contribution is 2.39. The Morgan fingerprint density at radius 1 is 0.919 bits per heavy atom. The molecular weight excluding hydrogens is 491 g/mol. The molecule has 2 aromatic carbocycles. The van der Waals surface area contributed by atoms with Crippen LogP contribution < -0.4 is 0 Å². The summed E-state index contributed by atoms with van der Waals surface area (Å²) in [5.41, 5.74) is 5.54. The van der Waals surface area contributed by atoms with Crippen LogP contribution in [0.2, 0.25) is 0 Å². The van der Waals surface area contributed by atoms with E-state index < -0.39 is 15.7 Å². The Balaban J connectivity index is 1.79. The van der Waals surface area contributed by atoms with Gasteiger partial charge in [0.2, 0.25) is 0 Å². The highest BCUT2D eigenvalue weighted by molar-refractivity contribution is 7.90. The maximum atomic E-state index is 14.2. The minimum Gasteiger partial charge on any atom is -0.440 e. The molecule has 0 fully saturated rings. The predicted octanol–water partition coefficient (Wildman–Crippen LogP) is 6.03. The molecule has 7 nitrogen and oxygen atoms in total. The standard InChI is InChI=1S/C28H25FN4O3S/c1-16-15-33(18(3)31-16)26-10-9-21(20-7-6-8-23(11-20)37(5,34)35)12-25(26)27-28(36-19(4)32-27)24-13-22(29)14-30-17(24)2/h6-15H,1-5H3. The van der Waals surface area contributed by atoms with Crippen LogP contribution in [0, 0.1) is 33.5 Å². The number of halogens is 1. The lowest BCUT2D eigenvalue weighted by Gasteiger charge is -2.14. The van der Waals surface area contributed by atoms with E-state index in [1.165, 1.54) is 18.5 Å². The molecule has 0 atom stereocenters. The minimum absolute atomic E-state index is 0.233. The smallest absolute Gasteiger partial charge is 0.192 e. The summed E-state index contributed by atoms with van der Waals surface area (Å²) in [6, 6.07) is 14.0. The van der Waals surface area contributed by atoms with Crippen molar-refractivity contribution < 1.29 is 17.2 Å². The van der Waals surface area contributed by atoms with Gasteiger partial charge in [-0.1, -0.05) is 18.2 Å². The zero-order chi connectivity index (χ0) is 26.5. The molecule has 0 amide bonds. The van der Waals surface area contributed by atoms with Crippen molar-refractivity contribution in [2.75, 3.05) is 6.26 Å². The second-order valence-corrected chi connectivity index (χ2v) is 11.0. The average Bonchev–Trinajstić information content (AvgIpc) is 3.40. The number of nitrogens with zero attached hydrogens (tertiary/aromatic N) is 4. The van der Waals surface area contributed by atoms with Crippen molar-refractivity contribution in [1.29, 1.82) is 0 Å². The summed E-state index contributed by atoms with van der Waals surface area (Å²) in [5, 5.41) is 0. The van der Waals surface area contributed by atoms with E-state index in [9.17, 15) is 12.8 Å². The van der Waals surface area contributed by atoms with Crippen molar-refractivity contribution in [2.24, 2.45) is 0 Å². The van der Waals surface area contributed by atoms with E-state index in [2.05, 4.69) is 9.97 Å². The SMILES string of the molecule is Cc1cn(-c2ccc(-c3cccc(S(C)(=O)=O)c3)cc2-c2nc(C)oc2-c2cc(F)cnc2C)c(C)n1. The molecule has 0 aliphatic heterocycles. The molecule has 0 saturated carbocycles. The van der Waals surface area contributed by atoms with Gasteiger partial charge in [-0.15, -0.1) is 0 Å². The van der Waals surface area contributed by atoms with Gasteiger partial charge in [0.15, 0.2) is 21.5 Å². The molecule has 5 aromatic rings. The summed E-state index contributed by atoms with van der Waals surface area (Å²) in [5.74, 6) is 1.13.